The minimum Gasteiger partial charge on any atom is -0.322 e. The summed E-state index contributed by atoms with van der Waals surface area (Å²) < 4.78 is 0. The Morgan fingerprint density at radius 2 is 1.63 bits per heavy atom. The van der Waals surface area contributed by atoms with Crippen LogP contribution in [0.25, 0.3) is 11.3 Å². The molecule has 0 unspecified atom stereocenters. The first-order chi connectivity index (χ1) is 13.3. The van der Waals surface area contributed by atoms with Gasteiger partial charge in [0, 0.05) is 43.7 Å². The van der Waals surface area contributed by atoms with Gasteiger partial charge in [0.15, 0.2) is 5.13 Å². The summed E-state index contributed by atoms with van der Waals surface area (Å²) in [5.74, 6) is 0. The molecule has 5 nitrogen and oxygen atoms in total. The van der Waals surface area contributed by atoms with Crippen molar-refractivity contribution < 1.29 is 4.79 Å². The van der Waals surface area contributed by atoms with E-state index in [1.54, 1.807) is 0 Å². The molecule has 1 aliphatic heterocycles. The van der Waals surface area contributed by atoms with Crippen molar-refractivity contribution in [1.82, 2.24) is 14.8 Å². The highest BCUT2D eigenvalue weighted by Gasteiger charge is 2.21. The van der Waals surface area contributed by atoms with E-state index in [4.69, 9.17) is 0 Å². The molecule has 0 aliphatic carbocycles. The highest BCUT2D eigenvalue weighted by molar-refractivity contribution is 7.14. The van der Waals surface area contributed by atoms with E-state index in [1.165, 1.54) is 16.9 Å². The van der Waals surface area contributed by atoms with Crippen LogP contribution >= 0.6 is 11.3 Å². The summed E-state index contributed by atoms with van der Waals surface area (Å²) in [7, 11) is 0. The van der Waals surface area contributed by atoms with E-state index in [9.17, 15) is 4.79 Å². The Morgan fingerprint density at radius 3 is 2.33 bits per heavy atom. The number of benzene rings is 2. The molecular formula is C21H22N4OS. The van der Waals surface area contributed by atoms with E-state index in [0.29, 0.717) is 5.13 Å². The van der Waals surface area contributed by atoms with Crippen LogP contribution in [0.4, 0.5) is 9.93 Å². The van der Waals surface area contributed by atoms with E-state index in [0.717, 1.165) is 44.0 Å². The number of urea groups is 1. The molecule has 2 amide bonds. The van der Waals surface area contributed by atoms with Gasteiger partial charge in [-0.25, -0.2) is 9.78 Å². The van der Waals surface area contributed by atoms with Crippen LogP contribution in [0.1, 0.15) is 5.56 Å². The molecule has 27 heavy (non-hydrogen) atoms. The van der Waals surface area contributed by atoms with Crippen LogP contribution in [-0.2, 0) is 6.54 Å². The average molecular weight is 379 g/mol. The van der Waals surface area contributed by atoms with Crippen LogP contribution in [0, 0.1) is 0 Å². The zero-order valence-corrected chi connectivity index (χ0v) is 15.9. The highest BCUT2D eigenvalue weighted by Crippen LogP contribution is 2.24. The Hall–Kier alpha value is -2.70. The summed E-state index contributed by atoms with van der Waals surface area (Å²) in [6, 6.07) is 20.4. The summed E-state index contributed by atoms with van der Waals surface area (Å²) in [4.78, 5) is 21.3. The molecule has 4 rings (SSSR count). The largest absolute Gasteiger partial charge is 0.323 e. The van der Waals surface area contributed by atoms with Crippen molar-refractivity contribution in [3.63, 3.8) is 0 Å². The number of hydrogen-bond donors (Lipinski definition) is 1. The van der Waals surface area contributed by atoms with E-state index < -0.39 is 0 Å². The van der Waals surface area contributed by atoms with Gasteiger partial charge < -0.3 is 4.90 Å². The summed E-state index contributed by atoms with van der Waals surface area (Å²) >= 11 is 1.46. The fourth-order valence-electron chi connectivity index (χ4n) is 3.19. The zero-order chi connectivity index (χ0) is 18.5. The third-order valence-electron chi connectivity index (χ3n) is 4.70. The van der Waals surface area contributed by atoms with Crippen LogP contribution in [0.3, 0.4) is 0 Å². The summed E-state index contributed by atoms with van der Waals surface area (Å²) in [6.45, 7) is 4.17. The van der Waals surface area contributed by atoms with Crippen molar-refractivity contribution in [2.75, 3.05) is 31.5 Å². The molecule has 3 aromatic rings. The lowest BCUT2D eigenvalue weighted by molar-refractivity contribution is 0.143. The minimum atomic E-state index is -0.0664. The molecule has 2 aromatic carbocycles. The number of hydrogen-bond acceptors (Lipinski definition) is 4. The maximum Gasteiger partial charge on any atom is 0.323 e. The first kappa shape index (κ1) is 17.7. The van der Waals surface area contributed by atoms with E-state index in [-0.39, 0.29) is 6.03 Å². The molecule has 0 bridgehead atoms. The summed E-state index contributed by atoms with van der Waals surface area (Å²) in [5, 5.41) is 5.56. The van der Waals surface area contributed by atoms with Crippen LogP contribution < -0.4 is 5.32 Å². The molecular weight excluding hydrogens is 356 g/mol. The predicted octanol–water partition coefficient (Wildman–Crippen LogP) is 4.16. The lowest BCUT2D eigenvalue weighted by Gasteiger charge is -2.34. The third-order valence-corrected chi connectivity index (χ3v) is 5.45. The van der Waals surface area contributed by atoms with Gasteiger partial charge in [-0.2, -0.15) is 0 Å². The number of rotatable bonds is 4. The molecule has 1 fully saturated rings. The highest BCUT2D eigenvalue weighted by atomic mass is 32.1. The number of anilines is 1. The number of carbonyl (C=O) groups excluding carboxylic acids is 1. The van der Waals surface area contributed by atoms with Gasteiger partial charge in [0.25, 0.3) is 0 Å². The first-order valence-electron chi connectivity index (χ1n) is 9.11. The fourth-order valence-corrected chi connectivity index (χ4v) is 3.90. The lowest BCUT2D eigenvalue weighted by Crippen LogP contribution is -2.49. The van der Waals surface area contributed by atoms with Crippen molar-refractivity contribution in [3.05, 3.63) is 71.6 Å². The van der Waals surface area contributed by atoms with Crippen molar-refractivity contribution in [3.8, 4) is 11.3 Å². The number of carbonyl (C=O) groups is 1. The van der Waals surface area contributed by atoms with Gasteiger partial charge in [-0.05, 0) is 5.56 Å². The van der Waals surface area contributed by atoms with Crippen LogP contribution in [0.15, 0.2) is 66.0 Å². The topological polar surface area (TPSA) is 48.5 Å². The van der Waals surface area contributed by atoms with Crippen LogP contribution in [-0.4, -0.2) is 47.0 Å². The van der Waals surface area contributed by atoms with Gasteiger partial charge in [-0.3, -0.25) is 10.2 Å². The Kier molecular flexibility index (Phi) is 5.46. The van der Waals surface area contributed by atoms with Gasteiger partial charge in [0.1, 0.15) is 0 Å². The van der Waals surface area contributed by atoms with Crippen molar-refractivity contribution in [1.29, 1.82) is 0 Å². The van der Waals surface area contributed by atoms with Gasteiger partial charge >= 0.3 is 6.03 Å². The second-order valence-corrected chi connectivity index (χ2v) is 7.44. The number of amides is 2. The van der Waals surface area contributed by atoms with Gasteiger partial charge in [-0.15, -0.1) is 11.3 Å². The third kappa shape index (κ3) is 4.53. The molecule has 2 heterocycles. The Bertz CT molecular complexity index is 873. The second-order valence-electron chi connectivity index (χ2n) is 6.58. The maximum atomic E-state index is 12.5. The normalized spacial score (nSPS) is 14.9. The van der Waals surface area contributed by atoms with E-state index >= 15 is 0 Å². The monoisotopic (exact) mass is 378 g/mol. The number of piperazine rings is 1. The number of aromatic nitrogens is 1. The standard InChI is InChI=1S/C21H22N4OS/c26-21(23-20-22-19(16-27-20)18-9-5-2-6-10-18)25-13-11-24(12-14-25)15-17-7-3-1-4-8-17/h1-10,16H,11-15H2,(H,22,23,26). The summed E-state index contributed by atoms with van der Waals surface area (Å²) in [5.41, 5.74) is 3.26. The molecule has 0 spiro atoms. The van der Waals surface area contributed by atoms with E-state index in [1.807, 2.05) is 46.7 Å². The van der Waals surface area contributed by atoms with E-state index in [2.05, 4.69) is 39.5 Å². The Morgan fingerprint density at radius 1 is 0.963 bits per heavy atom. The summed E-state index contributed by atoms with van der Waals surface area (Å²) in [6.07, 6.45) is 0. The molecule has 1 aromatic heterocycles. The quantitative estimate of drug-likeness (QED) is 0.742. The lowest BCUT2D eigenvalue weighted by atomic mass is 10.2. The van der Waals surface area contributed by atoms with Crippen LogP contribution in [0.2, 0.25) is 0 Å². The molecule has 1 saturated heterocycles. The molecule has 138 valence electrons. The molecule has 1 aliphatic rings. The first-order valence-corrected chi connectivity index (χ1v) is 9.99. The minimum absolute atomic E-state index is 0.0664. The number of nitrogens with one attached hydrogen (secondary N) is 1. The predicted molar refractivity (Wildman–Crippen MR) is 110 cm³/mol. The smallest absolute Gasteiger partial charge is 0.322 e. The maximum absolute atomic E-state index is 12.5. The number of thiazole rings is 1. The van der Waals surface area contributed by atoms with Crippen molar-refractivity contribution in [2.45, 2.75) is 6.54 Å². The zero-order valence-electron chi connectivity index (χ0n) is 15.0. The molecule has 0 atom stereocenters. The molecule has 6 heteroatoms. The Balaban J connectivity index is 1.29. The second kappa shape index (κ2) is 8.33. The average Bonchev–Trinajstić information content (AvgIpc) is 3.18. The van der Waals surface area contributed by atoms with Gasteiger partial charge in [0.2, 0.25) is 0 Å². The van der Waals surface area contributed by atoms with Gasteiger partial charge in [0.05, 0.1) is 5.69 Å². The SMILES string of the molecule is O=C(Nc1nc(-c2ccccc2)cs1)N1CCN(Cc2ccccc2)CC1. The van der Waals surface area contributed by atoms with Crippen LogP contribution in [0.5, 0.6) is 0 Å². The van der Waals surface area contributed by atoms with Crippen molar-refractivity contribution in [2.24, 2.45) is 0 Å². The Labute approximate surface area is 163 Å². The molecule has 0 saturated carbocycles. The molecule has 1 N–H and O–H groups in total. The molecule has 0 radical (unpaired) electrons. The number of nitrogens with zero attached hydrogens (tertiary/aromatic N) is 3. The van der Waals surface area contributed by atoms with Crippen molar-refractivity contribution >= 4 is 22.5 Å². The fraction of sp³-hybridized carbons (Fsp3) is 0.238. The van der Waals surface area contributed by atoms with Gasteiger partial charge in [-0.1, -0.05) is 60.7 Å².